The number of benzene rings is 3. The van der Waals surface area contributed by atoms with Crippen LogP contribution in [-0.4, -0.2) is 51.6 Å². The van der Waals surface area contributed by atoms with E-state index in [0.717, 1.165) is 23.2 Å². The number of amides is 2. The molecule has 0 saturated heterocycles. The van der Waals surface area contributed by atoms with E-state index in [-0.39, 0.29) is 11.8 Å². The molecule has 0 N–H and O–H groups in total. The van der Waals surface area contributed by atoms with Gasteiger partial charge in [-0.25, -0.2) is 0 Å². The molecule has 7 nitrogen and oxygen atoms in total. The van der Waals surface area contributed by atoms with Gasteiger partial charge in [0.1, 0.15) is 5.75 Å². The number of aryl methyl sites for hydroxylation is 1. The molecule has 4 rings (SSSR count). The number of hydrogen-bond acceptors (Lipinski definition) is 5. The van der Waals surface area contributed by atoms with Crippen LogP contribution in [0.25, 0.3) is 0 Å². The summed E-state index contributed by atoms with van der Waals surface area (Å²) in [4.78, 5) is 31.7. The Morgan fingerprint density at radius 2 is 1.62 bits per heavy atom. The van der Waals surface area contributed by atoms with Crippen molar-refractivity contribution in [3.05, 3.63) is 82.9 Å². The van der Waals surface area contributed by atoms with Crippen molar-refractivity contribution >= 4 is 17.5 Å². The van der Waals surface area contributed by atoms with Crippen molar-refractivity contribution < 1.29 is 23.8 Å². The third-order valence-corrected chi connectivity index (χ3v) is 6.92. The molecule has 0 unspecified atom stereocenters. The smallest absolute Gasteiger partial charge is 0.254 e. The van der Waals surface area contributed by atoms with Gasteiger partial charge in [0.05, 0.1) is 33.3 Å². The summed E-state index contributed by atoms with van der Waals surface area (Å²) in [5.74, 6) is 0.691. The van der Waals surface area contributed by atoms with Gasteiger partial charge in [-0.3, -0.25) is 9.59 Å². The maximum Gasteiger partial charge on any atom is 0.254 e. The van der Waals surface area contributed by atoms with Gasteiger partial charge < -0.3 is 24.0 Å². The van der Waals surface area contributed by atoms with E-state index >= 15 is 0 Å². The van der Waals surface area contributed by atoms with Crippen LogP contribution in [0.1, 0.15) is 52.4 Å². The Bertz CT molecular complexity index is 1290. The minimum absolute atomic E-state index is 0.0823. The van der Waals surface area contributed by atoms with Crippen molar-refractivity contribution in [3.63, 3.8) is 0 Å². The Labute approximate surface area is 218 Å². The van der Waals surface area contributed by atoms with Crippen molar-refractivity contribution in [1.82, 2.24) is 4.90 Å². The normalized spacial score (nSPS) is 16.7. The van der Waals surface area contributed by atoms with E-state index in [1.54, 1.807) is 38.3 Å². The molecule has 0 spiro atoms. The molecule has 3 aromatic carbocycles. The predicted molar refractivity (Wildman–Crippen MR) is 144 cm³/mol. The van der Waals surface area contributed by atoms with Crippen molar-refractivity contribution in [1.29, 1.82) is 0 Å². The zero-order valence-corrected chi connectivity index (χ0v) is 22.3. The molecule has 0 aliphatic carbocycles. The molecule has 7 heteroatoms. The highest BCUT2D eigenvalue weighted by Gasteiger charge is 2.45. The maximum absolute atomic E-state index is 14.6. The standard InChI is InChI=1S/C30H34N2O5/c1-7-15-32(21-10-8-9-19(2)16-21)30(34)27-23-17-25(36-5)26(37-6)18-24(23)29(33)31(3)28(27)20-11-13-22(35-4)14-12-20/h8-14,16-18,27-28H,7,15H2,1-6H3/t27-,28+/m1/s1. The predicted octanol–water partition coefficient (Wildman–Crippen LogP) is 5.37. The highest BCUT2D eigenvalue weighted by Crippen LogP contribution is 2.47. The SMILES string of the molecule is CCCN(C(=O)[C@@H]1c2cc(OC)c(OC)cc2C(=O)N(C)[C@H]1c1ccc(OC)cc1)c1cccc(C)c1. The molecule has 194 valence electrons. The molecule has 0 bridgehead atoms. The minimum atomic E-state index is -0.669. The van der Waals surface area contributed by atoms with Gasteiger partial charge in [-0.15, -0.1) is 0 Å². The maximum atomic E-state index is 14.6. The van der Waals surface area contributed by atoms with E-state index < -0.39 is 12.0 Å². The fourth-order valence-electron chi connectivity index (χ4n) is 5.09. The van der Waals surface area contributed by atoms with Crippen LogP contribution in [-0.2, 0) is 4.79 Å². The molecule has 2 atom stereocenters. The van der Waals surface area contributed by atoms with Gasteiger partial charge in [-0.1, -0.05) is 31.2 Å². The fraction of sp³-hybridized carbons (Fsp3) is 0.333. The lowest BCUT2D eigenvalue weighted by atomic mass is 9.78. The van der Waals surface area contributed by atoms with E-state index in [0.29, 0.717) is 34.9 Å². The van der Waals surface area contributed by atoms with Gasteiger partial charge in [-0.05, 0) is 66.4 Å². The van der Waals surface area contributed by atoms with Crippen LogP contribution in [0.15, 0.2) is 60.7 Å². The summed E-state index contributed by atoms with van der Waals surface area (Å²) >= 11 is 0. The van der Waals surface area contributed by atoms with E-state index in [9.17, 15) is 9.59 Å². The molecule has 0 saturated carbocycles. The van der Waals surface area contributed by atoms with Crippen LogP contribution in [0.3, 0.4) is 0 Å². The third kappa shape index (κ3) is 4.86. The van der Waals surface area contributed by atoms with Gasteiger partial charge >= 0.3 is 0 Å². The first kappa shape index (κ1) is 26.1. The second-order valence-electron chi connectivity index (χ2n) is 9.24. The molecular weight excluding hydrogens is 468 g/mol. The number of anilines is 1. The van der Waals surface area contributed by atoms with Gasteiger partial charge in [0.25, 0.3) is 5.91 Å². The number of methoxy groups -OCH3 is 3. The Morgan fingerprint density at radius 3 is 2.22 bits per heavy atom. The number of nitrogens with zero attached hydrogens (tertiary/aromatic N) is 2. The lowest BCUT2D eigenvalue weighted by molar-refractivity contribution is -0.121. The number of fused-ring (bicyclic) bond motifs is 1. The summed E-state index contributed by atoms with van der Waals surface area (Å²) < 4.78 is 16.4. The molecule has 2 amide bonds. The number of hydrogen-bond donors (Lipinski definition) is 0. The summed E-state index contributed by atoms with van der Waals surface area (Å²) in [6.07, 6.45) is 0.785. The Hall–Kier alpha value is -4.00. The first-order valence-electron chi connectivity index (χ1n) is 12.4. The molecule has 1 heterocycles. The van der Waals surface area contributed by atoms with Crippen LogP contribution in [0.2, 0.25) is 0 Å². The number of carbonyl (C=O) groups excluding carboxylic acids is 2. The van der Waals surface area contributed by atoms with Crippen molar-refractivity contribution in [2.75, 3.05) is 39.8 Å². The minimum Gasteiger partial charge on any atom is -0.497 e. The van der Waals surface area contributed by atoms with Crippen LogP contribution in [0.4, 0.5) is 5.69 Å². The van der Waals surface area contributed by atoms with Crippen molar-refractivity contribution in [3.8, 4) is 17.2 Å². The molecule has 0 aromatic heterocycles. The summed E-state index contributed by atoms with van der Waals surface area (Å²) in [6.45, 7) is 4.61. The van der Waals surface area contributed by atoms with Gasteiger partial charge in [0.15, 0.2) is 11.5 Å². The molecule has 1 aliphatic heterocycles. The zero-order valence-electron chi connectivity index (χ0n) is 22.3. The number of likely N-dealkylation sites (N-methyl/N-ethyl adjacent to an activating group) is 1. The first-order chi connectivity index (χ1) is 17.8. The van der Waals surface area contributed by atoms with Gasteiger partial charge in [-0.2, -0.15) is 0 Å². The fourth-order valence-corrected chi connectivity index (χ4v) is 5.09. The largest absolute Gasteiger partial charge is 0.497 e. The second kappa shape index (κ2) is 10.9. The Kier molecular flexibility index (Phi) is 7.71. The second-order valence-corrected chi connectivity index (χ2v) is 9.24. The van der Waals surface area contributed by atoms with Crippen molar-refractivity contribution in [2.24, 2.45) is 0 Å². The number of rotatable bonds is 8. The topological polar surface area (TPSA) is 68.3 Å². The highest BCUT2D eigenvalue weighted by atomic mass is 16.5. The average molecular weight is 503 g/mol. The lowest BCUT2D eigenvalue weighted by Crippen LogP contribution is -2.47. The molecule has 0 fully saturated rings. The van der Waals surface area contributed by atoms with E-state index in [1.165, 1.54) is 7.11 Å². The van der Waals surface area contributed by atoms with Crippen LogP contribution in [0, 0.1) is 6.92 Å². The molecule has 3 aromatic rings. The summed E-state index contributed by atoms with van der Waals surface area (Å²) in [5, 5.41) is 0. The Morgan fingerprint density at radius 1 is 0.946 bits per heavy atom. The average Bonchev–Trinajstić information content (AvgIpc) is 2.92. The highest BCUT2D eigenvalue weighted by molar-refractivity contribution is 6.05. The van der Waals surface area contributed by atoms with E-state index in [2.05, 4.69) is 6.92 Å². The number of carbonyl (C=O) groups is 2. The van der Waals surface area contributed by atoms with Gasteiger partial charge in [0, 0.05) is 24.8 Å². The summed E-state index contributed by atoms with van der Waals surface area (Å²) in [5.41, 5.74) is 3.81. The van der Waals surface area contributed by atoms with E-state index in [4.69, 9.17) is 14.2 Å². The third-order valence-electron chi connectivity index (χ3n) is 6.92. The molecular formula is C30H34N2O5. The molecule has 0 radical (unpaired) electrons. The molecule has 1 aliphatic rings. The molecule has 37 heavy (non-hydrogen) atoms. The summed E-state index contributed by atoms with van der Waals surface area (Å²) in [6, 6.07) is 18.4. The Balaban J connectivity index is 1.94. The lowest BCUT2D eigenvalue weighted by Gasteiger charge is -2.42. The van der Waals surface area contributed by atoms with Crippen LogP contribution in [0.5, 0.6) is 17.2 Å². The quantitative estimate of drug-likeness (QED) is 0.414. The van der Waals surface area contributed by atoms with E-state index in [1.807, 2.05) is 60.4 Å². The number of ether oxygens (including phenoxy) is 3. The first-order valence-corrected chi connectivity index (χ1v) is 12.4. The zero-order chi connectivity index (χ0) is 26.7. The van der Waals surface area contributed by atoms with Crippen LogP contribution < -0.4 is 19.1 Å². The van der Waals surface area contributed by atoms with Crippen molar-refractivity contribution in [2.45, 2.75) is 32.2 Å². The summed E-state index contributed by atoms with van der Waals surface area (Å²) in [7, 11) is 6.44. The van der Waals surface area contributed by atoms with Gasteiger partial charge in [0.2, 0.25) is 5.91 Å². The van der Waals surface area contributed by atoms with Crippen LogP contribution >= 0.6 is 0 Å². The monoisotopic (exact) mass is 502 g/mol.